The number of hydrogen-bond donors (Lipinski definition) is 2. The van der Waals surface area contributed by atoms with Crippen molar-refractivity contribution in [2.24, 2.45) is 0 Å². The number of carboxylic acid groups (broad SMARTS) is 1. The number of non-ortho nitro benzene ring substituents is 1. The summed E-state index contributed by atoms with van der Waals surface area (Å²) in [5, 5.41) is 27.8. The normalized spacial score (nSPS) is 10.6. The van der Waals surface area contributed by atoms with Gasteiger partial charge >= 0.3 is 5.97 Å². The Morgan fingerprint density at radius 2 is 2.15 bits per heavy atom. The SMILES string of the molecule is N#Cc1cc([N+](=O)[O-])ccc1NS(=O)(=O)CCC(=O)O. The van der Waals surface area contributed by atoms with Crippen LogP contribution in [-0.4, -0.2) is 30.2 Å². The van der Waals surface area contributed by atoms with Crippen LogP contribution in [0.25, 0.3) is 0 Å². The van der Waals surface area contributed by atoms with Gasteiger partial charge in [0.1, 0.15) is 6.07 Å². The first-order valence-corrected chi connectivity index (χ1v) is 6.81. The van der Waals surface area contributed by atoms with Crippen LogP contribution in [0, 0.1) is 21.4 Å². The number of nitro groups is 1. The number of anilines is 1. The summed E-state index contributed by atoms with van der Waals surface area (Å²) in [4.78, 5) is 20.1. The lowest BCUT2D eigenvalue weighted by molar-refractivity contribution is -0.384. The second-order valence-electron chi connectivity index (χ2n) is 3.66. The summed E-state index contributed by atoms with van der Waals surface area (Å²) >= 11 is 0. The van der Waals surface area contributed by atoms with E-state index in [1.165, 1.54) is 0 Å². The molecule has 20 heavy (non-hydrogen) atoms. The lowest BCUT2D eigenvalue weighted by Gasteiger charge is -2.08. The summed E-state index contributed by atoms with van der Waals surface area (Å²) in [7, 11) is -3.95. The second-order valence-corrected chi connectivity index (χ2v) is 5.51. The molecule has 0 atom stereocenters. The first-order chi connectivity index (χ1) is 9.25. The fourth-order valence-electron chi connectivity index (χ4n) is 1.27. The van der Waals surface area contributed by atoms with E-state index in [0.717, 1.165) is 18.2 Å². The molecule has 0 aliphatic heterocycles. The van der Waals surface area contributed by atoms with E-state index in [1.54, 1.807) is 6.07 Å². The Bertz CT molecular complexity index is 691. The topological polar surface area (TPSA) is 150 Å². The number of rotatable bonds is 6. The van der Waals surface area contributed by atoms with Crippen molar-refractivity contribution >= 4 is 27.4 Å². The molecule has 0 fully saturated rings. The molecule has 2 N–H and O–H groups in total. The summed E-state index contributed by atoms with van der Waals surface area (Å²) in [6.07, 6.45) is -0.593. The third-order valence-electron chi connectivity index (χ3n) is 2.18. The molecule has 106 valence electrons. The fourth-order valence-corrected chi connectivity index (χ4v) is 2.33. The minimum atomic E-state index is -3.95. The van der Waals surface area contributed by atoms with Gasteiger partial charge in [-0.3, -0.25) is 19.6 Å². The minimum Gasteiger partial charge on any atom is -0.481 e. The van der Waals surface area contributed by atoms with Crippen molar-refractivity contribution in [1.29, 1.82) is 5.26 Å². The summed E-state index contributed by atoms with van der Waals surface area (Å²) in [6.45, 7) is 0. The van der Waals surface area contributed by atoms with Crippen molar-refractivity contribution in [3.05, 3.63) is 33.9 Å². The van der Waals surface area contributed by atoms with E-state index < -0.39 is 33.1 Å². The van der Waals surface area contributed by atoms with Gasteiger partial charge in [-0.2, -0.15) is 5.26 Å². The highest BCUT2D eigenvalue weighted by Gasteiger charge is 2.17. The molecule has 0 aliphatic rings. The quantitative estimate of drug-likeness (QED) is 0.579. The number of carboxylic acids is 1. The Kier molecular flexibility index (Phi) is 4.60. The molecule has 0 radical (unpaired) electrons. The molecule has 0 heterocycles. The molecule has 0 saturated heterocycles. The zero-order valence-corrected chi connectivity index (χ0v) is 10.8. The molecule has 0 spiro atoms. The van der Waals surface area contributed by atoms with Crippen LogP contribution in [0.5, 0.6) is 0 Å². The molecule has 9 nitrogen and oxygen atoms in total. The maximum Gasteiger partial charge on any atom is 0.304 e. The number of nitrogens with zero attached hydrogens (tertiary/aromatic N) is 2. The lowest BCUT2D eigenvalue weighted by Crippen LogP contribution is -2.19. The van der Waals surface area contributed by atoms with Crippen molar-refractivity contribution < 1.29 is 23.2 Å². The molecule has 1 rings (SSSR count). The number of hydrogen-bond acceptors (Lipinski definition) is 6. The highest BCUT2D eigenvalue weighted by molar-refractivity contribution is 7.92. The minimum absolute atomic E-state index is 0.136. The van der Waals surface area contributed by atoms with Crippen LogP contribution in [0.2, 0.25) is 0 Å². The Balaban J connectivity index is 3.01. The first kappa shape index (κ1) is 15.4. The highest BCUT2D eigenvalue weighted by Crippen LogP contribution is 2.22. The molecule has 0 amide bonds. The number of sulfonamides is 1. The number of nitrogens with one attached hydrogen (secondary N) is 1. The van der Waals surface area contributed by atoms with Crippen molar-refractivity contribution in [1.82, 2.24) is 0 Å². The second kappa shape index (κ2) is 5.98. The summed E-state index contributed by atoms with van der Waals surface area (Å²) in [6, 6.07) is 4.67. The van der Waals surface area contributed by atoms with Crippen LogP contribution in [0.3, 0.4) is 0 Å². The molecule has 1 aromatic rings. The molecule has 0 aliphatic carbocycles. The number of aliphatic carboxylic acids is 1. The lowest BCUT2D eigenvalue weighted by atomic mass is 10.2. The first-order valence-electron chi connectivity index (χ1n) is 5.16. The van der Waals surface area contributed by atoms with E-state index in [2.05, 4.69) is 0 Å². The van der Waals surface area contributed by atoms with Gasteiger partial charge in [0.05, 0.1) is 28.3 Å². The third-order valence-corrected chi connectivity index (χ3v) is 3.46. The van der Waals surface area contributed by atoms with E-state index in [9.17, 15) is 23.3 Å². The van der Waals surface area contributed by atoms with E-state index in [0.29, 0.717) is 0 Å². The van der Waals surface area contributed by atoms with Gasteiger partial charge < -0.3 is 5.11 Å². The molecular weight excluding hydrogens is 290 g/mol. The molecule has 10 heteroatoms. The molecule has 0 unspecified atom stereocenters. The Morgan fingerprint density at radius 1 is 1.50 bits per heavy atom. The average Bonchev–Trinajstić information content (AvgIpc) is 2.36. The molecule has 0 bridgehead atoms. The summed E-state index contributed by atoms with van der Waals surface area (Å²) < 4.78 is 25.2. The van der Waals surface area contributed by atoms with Crippen LogP contribution >= 0.6 is 0 Å². The van der Waals surface area contributed by atoms with E-state index in [-0.39, 0.29) is 16.9 Å². The average molecular weight is 299 g/mol. The number of nitriles is 1. The Morgan fingerprint density at radius 3 is 2.65 bits per heavy atom. The zero-order valence-electron chi connectivity index (χ0n) is 9.94. The van der Waals surface area contributed by atoms with Crippen molar-refractivity contribution in [2.75, 3.05) is 10.5 Å². The largest absolute Gasteiger partial charge is 0.481 e. The van der Waals surface area contributed by atoms with Gasteiger partial charge in [0.15, 0.2) is 0 Å². The van der Waals surface area contributed by atoms with Crippen LogP contribution in [0.4, 0.5) is 11.4 Å². The highest BCUT2D eigenvalue weighted by atomic mass is 32.2. The van der Waals surface area contributed by atoms with Gasteiger partial charge in [-0.1, -0.05) is 0 Å². The van der Waals surface area contributed by atoms with Crippen LogP contribution in [0.15, 0.2) is 18.2 Å². The van der Waals surface area contributed by atoms with E-state index in [4.69, 9.17) is 10.4 Å². The Labute approximate surface area is 113 Å². The van der Waals surface area contributed by atoms with Crippen molar-refractivity contribution in [3.63, 3.8) is 0 Å². The standard InChI is InChI=1S/C10H9N3O6S/c11-6-7-5-8(13(16)17)1-2-9(7)12-20(18,19)4-3-10(14)15/h1-2,5,12H,3-4H2,(H,14,15). The van der Waals surface area contributed by atoms with Crippen molar-refractivity contribution in [2.45, 2.75) is 6.42 Å². The predicted molar refractivity (Wildman–Crippen MR) is 67.5 cm³/mol. The molecule has 0 aromatic heterocycles. The van der Waals surface area contributed by atoms with Crippen molar-refractivity contribution in [3.8, 4) is 6.07 Å². The van der Waals surface area contributed by atoms with Gasteiger partial charge in [-0.15, -0.1) is 0 Å². The van der Waals surface area contributed by atoms with Gasteiger partial charge in [0.2, 0.25) is 10.0 Å². The Hall–Kier alpha value is -2.67. The monoisotopic (exact) mass is 299 g/mol. The maximum absolute atomic E-state index is 11.6. The van der Waals surface area contributed by atoms with Gasteiger partial charge in [-0.25, -0.2) is 8.42 Å². The summed E-state index contributed by atoms with van der Waals surface area (Å²) in [5.41, 5.74) is -0.711. The number of carbonyl (C=O) groups is 1. The molecule has 1 aromatic carbocycles. The fraction of sp³-hybridized carbons (Fsp3) is 0.200. The maximum atomic E-state index is 11.6. The number of nitro benzene ring substituents is 1. The van der Waals surface area contributed by atoms with Crippen LogP contribution in [-0.2, 0) is 14.8 Å². The van der Waals surface area contributed by atoms with Gasteiger partial charge in [-0.05, 0) is 6.07 Å². The third kappa shape index (κ3) is 4.21. The van der Waals surface area contributed by atoms with Gasteiger partial charge in [0.25, 0.3) is 5.69 Å². The van der Waals surface area contributed by atoms with E-state index >= 15 is 0 Å². The van der Waals surface area contributed by atoms with Crippen LogP contribution < -0.4 is 4.72 Å². The predicted octanol–water partition coefficient (Wildman–Crippen LogP) is 0.683. The number of benzene rings is 1. The van der Waals surface area contributed by atoms with Crippen LogP contribution in [0.1, 0.15) is 12.0 Å². The van der Waals surface area contributed by atoms with Gasteiger partial charge in [0, 0.05) is 12.1 Å². The summed E-state index contributed by atoms with van der Waals surface area (Å²) in [5.74, 6) is -1.94. The molecule has 0 saturated carbocycles. The smallest absolute Gasteiger partial charge is 0.304 e. The van der Waals surface area contributed by atoms with E-state index in [1.807, 2.05) is 4.72 Å². The zero-order chi connectivity index (χ0) is 15.3. The molecular formula is C10H9N3O6S.